The summed E-state index contributed by atoms with van der Waals surface area (Å²) in [4.78, 5) is 0. The van der Waals surface area contributed by atoms with E-state index in [0.717, 1.165) is 16.7 Å². The van der Waals surface area contributed by atoms with Gasteiger partial charge >= 0.3 is 0 Å². The van der Waals surface area contributed by atoms with Gasteiger partial charge < -0.3 is 0 Å². The molecule has 0 amide bonds. The van der Waals surface area contributed by atoms with E-state index in [0.29, 0.717) is 0 Å². The zero-order chi connectivity index (χ0) is 11.6. The minimum absolute atomic E-state index is 0.250. The van der Waals surface area contributed by atoms with Crippen molar-refractivity contribution in [2.75, 3.05) is 5.75 Å². The van der Waals surface area contributed by atoms with Gasteiger partial charge in [0.25, 0.3) is 0 Å². The number of benzene rings is 1. The van der Waals surface area contributed by atoms with Gasteiger partial charge in [-0.05, 0) is 25.0 Å². The van der Waals surface area contributed by atoms with Crippen LogP contribution in [-0.2, 0) is 9.05 Å². The van der Waals surface area contributed by atoms with E-state index in [2.05, 4.69) is 0 Å². The Morgan fingerprint density at radius 1 is 1.33 bits per heavy atom. The van der Waals surface area contributed by atoms with Crippen LogP contribution in [0.2, 0.25) is 0 Å². The Labute approximate surface area is 99.6 Å². The second-order valence-electron chi connectivity index (χ2n) is 3.53. The van der Waals surface area contributed by atoms with Crippen LogP contribution < -0.4 is 0 Å². The Morgan fingerprint density at radius 2 is 1.93 bits per heavy atom. The molecule has 0 saturated heterocycles. The van der Waals surface area contributed by atoms with Crippen molar-refractivity contribution in [3.8, 4) is 0 Å². The molecule has 0 aliphatic heterocycles. The van der Waals surface area contributed by atoms with Crippen molar-refractivity contribution in [3.63, 3.8) is 0 Å². The molecular weight excluding hydrogens is 255 g/mol. The van der Waals surface area contributed by atoms with Gasteiger partial charge in [-0.25, -0.2) is 8.42 Å². The largest absolute Gasteiger partial charge is 0.234 e. The van der Waals surface area contributed by atoms with Gasteiger partial charge in [-0.2, -0.15) is 0 Å². The molecule has 2 nitrogen and oxygen atoms in total. The zero-order valence-corrected chi connectivity index (χ0v) is 10.8. The fourth-order valence-corrected chi connectivity index (χ4v) is 3.28. The molecule has 0 spiro atoms. The average molecular weight is 267 g/mol. The number of hydrogen-bond acceptors (Lipinski definition) is 2. The molecule has 1 rings (SSSR count). The first-order valence-electron chi connectivity index (χ1n) is 4.43. The smallest absolute Gasteiger partial charge is 0.212 e. The van der Waals surface area contributed by atoms with Crippen molar-refractivity contribution in [2.45, 2.75) is 19.2 Å². The molecule has 0 radical (unpaired) electrons. The van der Waals surface area contributed by atoms with Crippen molar-refractivity contribution < 1.29 is 8.42 Å². The quantitative estimate of drug-likeness (QED) is 0.622. The lowest BCUT2D eigenvalue weighted by Crippen LogP contribution is -2.06. The van der Waals surface area contributed by atoms with Crippen LogP contribution in [0.15, 0.2) is 18.2 Å². The van der Waals surface area contributed by atoms with Gasteiger partial charge in [-0.3, -0.25) is 0 Å². The third-order valence-corrected chi connectivity index (χ3v) is 3.79. The number of aryl methyl sites for hydroxylation is 2. The summed E-state index contributed by atoms with van der Waals surface area (Å²) in [5, 5.41) is -0.590. The van der Waals surface area contributed by atoms with Crippen LogP contribution in [0.1, 0.15) is 22.1 Å². The topological polar surface area (TPSA) is 34.1 Å². The average Bonchev–Trinajstić information content (AvgIpc) is 1.99. The standard InChI is InChI=1S/C10H12Cl2O2S/c1-7-3-4-9(8(2)5-7)10(11)6-15(12,13)14/h3-5,10H,6H2,1-2H3. The van der Waals surface area contributed by atoms with Crippen molar-refractivity contribution in [1.29, 1.82) is 0 Å². The molecule has 1 aromatic carbocycles. The first kappa shape index (κ1) is 12.8. The Bertz CT molecular complexity index is 454. The lowest BCUT2D eigenvalue weighted by Gasteiger charge is -2.11. The van der Waals surface area contributed by atoms with Crippen molar-refractivity contribution in [3.05, 3.63) is 34.9 Å². The predicted octanol–water partition coefficient (Wildman–Crippen LogP) is 3.15. The summed E-state index contributed by atoms with van der Waals surface area (Å²) >= 11 is 5.98. The summed E-state index contributed by atoms with van der Waals surface area (Å²) < 4.78 is 21.7. The monoisotopic (exact) mass is 266 g/mol. The van der Waals surface area contributed by atoms with E-state index in [9.17, 15) is 8.42 Å². The van der Waals surface area contributed by atoms with Gasteiger partial charge in [0, 0.05) is 10.7 Å². The summed E-state index contributed by atoms with van der Waals surface area (Å²) in [7, 11) is 1.59. The van der Waals surface area contributed by atoms with E-state index in [4.69, 9.17) is 22.3 Å². The van der Waals surface area contributed by atoms with Crippen LogP contribution in [0.25, 0.3) is 0 Å². The second kappa shape index (κ2) is 4.73. The summed E-state index contributed by atoms with van der Waals surface area (Å²) in [6.07, 6.45) is 0. The molecule has 0 aliphatic rings. The Morgan fingerprint density at radius 3 is 2.40 bits per heavy atom. The van der Waals surface area contributed by atoms with E-state index in [1.54, 1.807) is 0 Å². The Balaban J connectivity index is 2.97. The highest BCUT2D eigenvalue weighted by Gasteiger charge is 2.17. The van der Waals surface area contributed by atoms with Crippen LogP contribution in [0, 0.1) is 13.8 Å². The SMILES string of the molecule is Cc1ccc(C(Cl)CS(=O)(=O)Cl)c(C)c1. The van der Waals surface area contributed by atoms with Gasteiger partial charge in [0.15, 0.2) is 0 Å². The molecule has 0 aromatic heterocycles. The van der Waals surface area contributed by atoms with Crippen LogP contribution in [0.3, 0.4) is 0 Å². The van der Waals surface area contributed by atoms with E-state index >= 15 is 0 Å². The Hall–Kier alpha value is -0.250. The molecule has 0 saturated carbocycles. The van der Waals surface area contributed by atoms with Crippen molar-refractivity contribution in [1.82, 2.24) is 0 Å². The highest BCUT2D eigenvalue weighted by atomic mass is 35.7. The molecule has 0 aliphatic carbocycles. The maximum Gasteiger partial charge on any atom is 0.234 e. The molecule has 0 fully saturated rings. The summed E-state index contributed by atoms with van der Waals surface area (Å²) in [6.45, 7) is 3.87. The number of rotatable bonds is 3. The normalized spacial score (nSPS) is 13.9. The molecule has 5 heteroatoms. The molecule has 1 aromatic rings. The number of halogens is 2. The van der Waals surface area contributed by atoms with Crippen LogP contribution in [0.5, 0.6) is 0 Å². The van der Waals surface area contributed by atoms with Crippen molar-refractivity contribution >= 4 is 31.3 Å². The summed E-state index contributed by atoms with van der Waals surface area (Å²) in [5.74, 6) is -0.250. The first-order valence-corrected chi connectivity index (χ1v) is 7.34. The zero-order valence-electron chi connectivity index (χ0n) is 8.50. The van der Waals surface area contributed by atoms with E-state index in [1.165, 1.54) is 0 Å². The number of hydrogen-bond donors (Lipinski definition) is 0. The van der Waals surface area contributed by atoms with Gasteiger partial charge in [0.05, 0.1) is 11.1 Å². The minimum Gasteiger partial charge on any atom is -0.212 e. The molecule has 15 heavy (non-hydrogen) atoms. The summed E-state index contributed by atoms with van der Waals surface area (Å²) in [5.41, 5.74) is 2.91. The minimum atomic E-state index is -3.56. The van der Waals surface area contributed by atoms with Gasteiger partial charge in [-0.1, -0.05) is 23.8 Å². The highest BCUT2D eigenvalue weighted by Crippen LogP contribution is 2.26. The first-order chi connectivity index (χ1) is 6.79. The van der Waals surface area contributed by atoms with Crippen LogP contribution in [0.4, 0.5) is 0 Å². The predicted molar refractivity (Wildman–Crippen MR) is 64.1 cm³/mol. The molecule has 0 bridgehead atoms. The van der Waals surface area contributed by atoms with Crippen molar-refractivity contribution in [2.24, 2.45) is 0 Å². The van der Waals surface area contributed by atoms with Gasteiger partial charge in [-0.15, -0.1) is 11.6 Å². The fraction of sp³-hybridized carbons (Fsp3) is 0.400. The maximum absolute atomic E-state index is 10.9. The lowest BCUT2D eigenvalue weighted by atomic mass is 10.0. The van der Waals surface area contributed by atoms with Gasteiger partial charge in [0.2, 0.25) is 9.05 Å². The third-order valence-electron chi connectivity index (χ3n) is 2.11. The summed E-state index contributed by atoms with van der Waals surface area (Å²) in [6, 6.07) is 5.70. The molecule has 0 N–H and O–H groups in total. The van der Waals surface area contributed by atoms with E-state index in [-0.39, 0.29) is 5.75 Å². The molecule has 1 atom stereocenters. The fourth-order valence-electron chi connectivity index (χ4n) is 1.44. The Kier molecular flexibility index (Phi) is 4.04. The van der Waals surface area contributed by atoms with Gasteiger partial charge in [0.1, 0.15) is 0 Å². The molecular formula is C10H12Cl2O2S. The van der Waals surface area contributed by atoms with E-state index in [1.807, 2.05) is 32.0 Å². The number of alkyl halides is 1. The maximum atomic E-state index is 10.9. The molecule has 84 valence electrons. The van der Waals surface area contributed by atoms with Crippen LogP contribution in [-0.4, -0.2) is 14.2 Å². The lowest BCUT2D eigenvalue weighted by molar-refractivity contribution is 0.608. The highest BCUT2D eigenvalue weighted by molar-refractivity contribution is 8.13. The van der Waals surface area contributed by atoms with Crippen LogP contribution >= 0.6 is 22.3 Å². The third kappa shape index (κ3) is 4.01. The van der Waals surface area contributed by atoms with E-state index < -0.39 is 14.4 Å². The second-order valence-corrected chi connectivity index (χ2v) is 6.88. The molecule has 0 heterocycles. The molecule has 1 unspecified atom stereocenters.